The zero-order valence-electron chi connectivity index (χ0n) is 21.4. The predicted octanol–water partition coefficient (Wildman–Crippen LogP) is 5.85. The Morgan fingerprint density at radius 3 is 2.21 bits per heavy atom. The molecule has 3 rings (SSSR count). The van der Waals surface area contributed by atoms with Crippen molar-refractivity contribution in [1.82, 2.24) is 4.90 Å². The number of aliphatic carboxylic acids is 2. The molecule has 1 fully saturated rings. The lowest BCUT2D eigenvalue weighted by Crippen LogP contribution is -2.25. The highest BCUT2D eigenvalue weighted by Crippen LogP contribution is 2.41. The number of hydrogen-bond donors (Lipinski definition) is 2. The van der Waals surface area contributed by atoms with Gasteiger partial charge < -0.3 is 14.9 Å². The lowest BCUT2D eigenvalue weighted by molar-refractivity contribution is -0.137. The van der Waals surface area contributed by atoms with Crippen molar-refractivity contribution in [2.75, 3.05) is 26.2 Å². The third kappa shape index (κ3) is 9.66. The molecule has 0 radical (unpaired) electrons. The highest BCUT2D eigenvalue weighted by atomic mass is 19.4. The highest BCUT2D eigenvalue weighted by Gasteiger charge is 2.35. The predicted molar refractivity (Wildman–Crippen MR) is 136 cm³/mol. The van der Waals surface area contributed by atoms with Crippen LogP contribution in [0.5, 0.6) is 5.75 Å². The number of benzene rings is 2. The van der Waals surface area contributed by atoms with Crippen LogP contribution in [0.15, 0.2) is 48.6 Å². The van der Waals surface area contributed by atoms with E-state index in [0.717, 1.165) is 32.0 Å². The smallest absolute Gasteiger partial charge is 0.417 e. The molecule has 7 nitrogen and oxygen atoms in total. The quantitative estimate of drug-likeness (QED) is 0.291. The van der Waals surface area contributed by atoms with E-state index < -0.39 is 23.7 Å². The molecule has 0 aromatic heterocycles. The molecule has 1 aliphatic heterocycles. The molecule has 10 heteroatoms. The zero-order valence-corrected chi connectivity index (χ0v) is 21.4. The van der Waals surface area contributed by atoms with Crippen molar-refractivity contribution in [2.24, 2.45) is 0 Å². The second-order valence-electron chi connectivity index (χ2n) is 8.82. The SMILES string of the molecule is CCCC(=O)c1cccc(-c2cc(C)c(OCCN3CCCC3)cc2C(F)(F)F)c1.O=C(O)/C=C/C(=O)O. The number of ether oxygens (including phenoxy) is 1. The molecule has 0 unspecified atom stereocenters. The van der Waals surface area contributed by atoms with Crippen LogP contribution in [0.1, 0.15) is 54.1 Å². The highest BCUT2D eigenvalue weighted by molar-refractivity contribution is 5.97. The van der Waals surface area contributed by atoms with E-state index in [2.05, 4.69) is 4.90 Å². The summed E-state index contributed by atoms with van der Waals surface area (Å²) in [4.78, 5) is 33.6. The van der Waals surface area contributed by atoms with Gasteiger partial charge in [0.1, 0.15) is 12.4 Å². The summed E-state index contributed by atoms with van der Waals surface area (Å²) >= 11 is 0. The van der Waals surface area contributed by atoms with Crippen LogP contribution in [0.4, 0.5) is 13.2 Å². The zero-order chi connectivity index (χ0) is 28.3. The Morgan fingerprint density at radius 1 is 1.03 bits per heavy atom. The molecular weight excluding hydrogens is 503 g/mol. The van der Waals surface area contributed by atoms with Gasteiger partial charge in [-0.3, -0.25) is 9.69 Å². The minimum Gasteiger partial charge on any atom is -0.492 e. The monoisotopic (exact) mass is 535 g/mol. The van der Waals surface area contributed by atoms with Gasteiger partial charge in [-0.2, -0.15) is 13.2 Å². The van der Waals surface area contributed by atoms with Gasteiger partial charge in [0, 0.05) is 30.7 Å². The maximum Gasteiger partial charge on any atom is 0.417 e. The second kappa shape index (κ2) is 14.3. The van der Waals surface area contributed by atoms with E-state index in [1.807, 2.05) is 6.92 Å². The Hall–Kier alpha value is -3.66. The fraction of sp³-hybridized carbons (Fsp3) is 0.393. The fourth-order valence-electron chi connectivity index (χ4n) is 3.98. The van der Waals surface area contributed by atoms with Gasteiger partial charge in [0.25, 0.3) is 0 Å². The standard InChI is InChI=1S/C24H28F3NO2.C4H4O4/c1-3-7-22(29)19-9-6-8-18(15-19)20-14-17(2)23(16-21(20)24(25,26)27)30-13-12-28-10-4-5-11-28;5-3(6)1-2-4(7)8/h6,8-9,14-16H,3-5,7,10-13H2,1-2H3;1-2H,(H,5,6)(H,7,8)/b;2-1+. The molecule has 2 aromatic rings. The van der Waals surface area contributed by atoms with Crippen LogP contribution in [0, 0.1) is 6.92 Å². The molecule has 2 N–H and O–H groups in total. The number of alkyl halides is 3. The number of carbonyl (C=O) groups excluding carboxylic acids is 1. The Labute approximate surface area is 219 Å². The Kier molecular flexibility index (Phi) is 11.5. The maximum atomic E-state index is 13.9. The van der Waals surface area contributed by atoms with Crippen LogP contribution in [0.3, 0.4) is 0 Å². The number of carboxylic acids is 2. The summed E-state index contributed by atoms with van der Waals surface area (Å²) < 4.78 is 47.3. The number of Topliss-reactive ketones (excluding diaryl/α,β-unsaturated/α-hetero) is 1. The summed E-state index contributed by atoms with van der Waals surface area (Å²) in [5.41, 5.74) is 0.786. The Bertz CT molecular complexity index is 1140. The van der Waals surface area contributed by atoms with E-state index in [-0.39, 0.29) is 17.1 Å². The van der Waals surface area contributed by atoms with Gasteiger partial charge in [-0.15, -0.1) is 0 Å². The van der Waals surface area contributed by atoms with Crippen molar-refractivity contribution in [2.45, 2.75) is 45.7 Å². The van der Waals surface area contributed by atoms with Crippen LogP contribution in [0.25, 0.3) is 11.1 Å². The van der Waals surface area contributed by atoms with Gasteiger partial charge in [0.05, 0.1) is 5.56 Å². The van der Waals surface area contributed by atoms with Crippen molar-refractivity contribution in [3.63, 3.8) is 0 Å². The van der Waals surface area contributed by atoms with E-state index in [4.69, 9.17) is 14.9 Å². The summed E-state index contributed by atoms with van der Waals surface area (Å²) in [5.74, 6) is -2.32. The van der Waals surface area contributed by atoms with Crippen molar-refractivity contribution >= 4 is 17.7 Å². The molecule has 0 spiro atoms. The number of halogens is 3. The summed E-state index contributed by atoms with van der Waals surface area (Å²) in [5, 5.41) is 15.6. The number of ketones is 1. The fourth-order valence-corrected chi connectivity index (χ4v) is 3.98. The average molecular weight is 536 g/mol. The van der Waals surface area contributed by atoms with Crippen molar-refractivity contribution in [1.29, 1.82) is 0 Å². The minimum atomic E-state index is -4.53. The third-order valence-corrected chi connectivity index (χ3v) is 5.83. The van der Waals surface area contributed by atoms with Gasteiger partial charge in [-0.05, 0) is 74.2 Å². The third-order valence-electron chi connectivity index (χ3n) is 5.83. The van der Waals surface area contributed by atoms with Crippen molar-refractivity contribution < 1.29 is 42.5 Å². The van der Waals surface area contributed by atoms with E-state index in [1.54, 1.807) is 31.2 Å². The number of hydrogen-bond acceptors (Lipinski definition) is 5. The first-order valence-electron chi connectivity index (χ1n) is 12.3. The lowest BCUT2D eigenvalue weighted by atomic mass is 9.94. The van der Waals surface area contributed by atoms with E-state index in [0.29, 0.717) is 54.8 Å². The second-order valence-corrected chi connectivity index (χ2v) is 8.82. The number of aryl methyl sites for hydroxylation is 1. The summed E-state index contributed by atoms with van der Waals surface area (Å²) in [6, 6.07) is 9.05. The first-order valence-corrected chi connectivity index (χ1v) is 12.3. The molecular formula is C28H32F3NO6. The summed E-state index contributed by atoms with van der Waals surface area (Å²) in [6.07, 6.45) is -0.0282. The molecule has 1 heterocycles. The Morgan fingerprint density at radius 2 is 1.66 bits per heavy atom. The van der Waals surface area contributed by atoms with Gasteiger partial charge in [0.2, 0.25) is 0 Å². The van der Waals surface area contributed by atoms with E-state index >= 15 is 0 Å². The van der Waals surface area contributed by atoms with Gasteiger partial charge in [0.15, 0.2) is 5.78 Å². The van der Waals surface area contributed by atoms with Crippen LogP contribution in [0.2, 0.25) is 0 Å². The number of carboxylic acid groups (broad SMARTS) is 2. The van der Waals surface area contributed by atoms with Crippen LogP contribution >= 0.6 is 0 Å². The molecule has 206 valence electrons. The molecule has 38 heavy (non-hydrogen) atoms. The first kappa shape index (κ1) is 30.6. The summed E-state index contributed by atoms with van der Waals surface area (Å²) in [6.45, 7) is 6.75. The van der Waals surface area contributed by atoms with Crippen LogP contribution in [-0.2, 0) is 15.8 Å². The molecule has 0 amide bonds. The number of likely N-dealkylation sites (tertiary alicyclic amines) is 1. The van der Waals surface area contributed by atoms with Crippen molar-refractivity contribution in [3.05, 3.63) is 65.2 Å². The lowest BCUT2D eigenvalue weighted by Gasteiger charge is -2.19. The molecule has 0 aliphatic carbocycles. The van der Waals surface area contributed by atoms with Gasteiger partial charge >= 0.3 is 18.1 Å². The van der Waals surface area contributed by atoms with E-state index in [9.17, 15) is 27.6 Å². The normalized spacial score (nSPS) is 13.7. The molecule has 1 aliphatic rings. The first-order chi connectivity index (χ1) is 17.9. The van der Waals surface area contributed by atoms with Crippen LogP contribution in [-0.4, -0.2) is 59.1 Å². The van der Waals surface area contributed by atoms with Gasteiger partial charge in [-0.1, -0.05) is 25.1 Å². The number of rotatable bonds is 10. The molecule has 0 bridgehead atoms. The van der Waals surface area contributed by atoms with E-state index in [1.165, 1.54) is 6.07 Å². The Balaban J connectivity index is 0.000000550. The largest absolute Gasteiger partial charge is 0.492 e. The molecule has 1 saturated heterocycles. The van der Waals surface area contributed by atoms with Crippen molar-refractivity contribution in [3.8, 4) is 16.9 Å². The average Bonchev–Trinajstić information content (AvgIpc) is 3.37. The molecule has 2 aromatic carbocycles. The minimum absolute atomic E-state index is 0.0634. The van der Waals surface area contributed by atoms with Crippen LogP contribution < -0.4 is 4.74 Å². The molecule has 0 atom stereocenters. The molecule has 0 saturated carbocycles. The topological polar surface area (TPSA) is 104 Å². The number of nitrogens with zero attached hydrogens (tertiary/aromatic N) is 1. The summed E-state index contributed by atoms with van der Waals surface area (Å²) in [7, 11) is 0. The van der Waals surface area contributed by atoms with Gasteiger partial charge in [-0.25, -0.2) is 9.59 Å². The number of carbonyl (C=O) groups is 3. The maximum absolute atomic E-state index is 13.9.